The van der Waals surface area contributed by atoms with Crippen LogP contribution < -0.4 is 10.5 Å². The Kier molecular flexibility index (Phi) is 7.55. The number of nitrogens with one attached hydrogen (secondary N) is 1. The van der Waals surface area contributed by atoms with Crippen LogP contribution in [-0.4, -0.2) is 50.9 Å². The van der Waals surface area contributed by atoms with Crippen LogP contribution >= 0.6 is 11.8 Å². The fraction of sp³-hybridized carbons (Fsp3) is 1.00. The number of hydrogen-bond acceptors (Lipinski definition) is 4. The van der Waals surface area contributed by atoms with Crippen LogP contribution in [0.15, 0.2) is 0 Å². The molecular weight excluding hydrogens is 270 g/mol. The first kappa shape index (κ1) is 16.2. The average molecular weight is 295 g/mol. The number of unbranched alkanes of at least 4 members (excludes halogenated alkanes) is 1. The van der Waals surface area contributed by atoms with Crippen molar-refractivity contribution in [2.75, 3.05) is 38.2 Å². The first-order valence-corrected chi connectivity index (χ1v) is 9.37. The van der Waals surface area contributed by atoms with E-state index in [9.17, 15) is 8.42 Å². The van der Waals surface area contributed by atoms with Gasteiger partial charge < -0.3 is 5.73 Å². The maximum atomic E-state index is 12.0. The van der Waals surface area contributed by atoms with Crippen LogP contribution in [0.1, 0.15) is 25.7 Å². The highest BCUT2D eigenvalue weighted by molar-refractivity contribution is 7.98. The highest BCUT2D eigenvalue weighted by atomic mass is 32.2. The topological polar surface area (TPSA) is 75.4 Å². The fourth-order valence-corrected chi connectivity index (χ4v) is 3.96. The molecule has 1 aliphatic heterocycles. The molecule has 1 saturated heterocycles. The first-order valence-electron chi connectivity index (χ1n) is 6.54. The smallest absolute Gasteiger partial charge is 0.279 e. The molecule has 0 aromatic rings. The van der Waals surface area contributed by atoms with E-state index in [4.69, 9.17) is 5.73 Å². The highest BCUT2D eigenvalue weighted by Crippen LogP contribution is 2.17. The van der Waals surface area contributed by atoms with E-state index >= 15 is 0 Å². The summed E-state index contributed by atoms with van der Waals surface area (Å²) in [5.74, 6) is 1.40. The second-order valence-corrected chi connectivity index (χ2v) is 7.44. The van der Waals surface area contributed by atoms with Crippen molar-refractivity contribution in [2.24, 2.45) is 11.7 Å². The van der Waals surface area contributed by atoms with Crippen molar-refractivity contribution in [3.8, 4) is 0 Å². The maximum Gasteiger partial charge on any atom is 0.279 e. The van der Waals surface area contributed by atoms with E-state index in [1.165, 1.54) is 0 Å². The van der Waals surface area contributed by atoms with Gasteiger partial charge in [0.25, 0.3) is 10.2 Å². The monoisotopic (exact) mass is 295 g/mol. The Bertz CT molecular complexity index is 322. The lowest BCUT2D eigenvalue weighted by molar-refractivity contribution is 0.268. The van der Waals surface area contributed by atoms with E-state index in [-0.39, 0.29) is 0 Å². The van der Waals surface area contributed by atoms with Crippen LogP contribution in [-0.2, 0) is 10.2 Å². The number of piperidine rings is 1. The van der Waals surface area contributed by atoms with Crippen LogP contribution in [0.3, 0.4) is 0 Å². The van der Waals surface area contributed by atoms with Crippen molar-refractivity contribution in [1.82, 2.24) is 9.03 Å². The number of thioether (sulfide) groups is 1. The minimum Gasteiger partial charge on any atom is -0.330 e. The Morgan fingerprint density at radius 2 is 2.22 bits per heavy atom. The summed E-state index contributed by atoms with van der Waals surface area (Å²) in [6.07, 6.45) is 5.96. The third-order valence-corrected chi connectivity index (χ3v) is 5.49. The number of nitrogens with two attached hydrogens (primary N) is 1. The molecule has 7 heteroatoms. The largest absolute Gasteiger partial charge is 0.330 e. The van der Waals surface area contributed by atoms with Gasteiger partial charge in [0, 0.05) is 19.6 Å². The Morgan fingerprint density at radius 3 is 2.89 bits per heavy atom. The normalized spacial score (nSPS) is 22.2. The molecular formula is C11H25N3O2S2. The predicted molar refractivity (Wildman–Crippen MR) is 77.9 cm³/mol. The van der Waals surface area contributed by atoms with Crippen molar-refractivity contribution in [3.63, 3.8) is 0 Å². The van der Waals surface area contributed by atoms with Gasteiger partial charge in [0.2, 0.25) is 0 Å². The van der Waals surface area contributed by atoms with Gasteiger partial charge in [0.05, 0.1) is 0 Å². The third-order valence-electron chi connectivity index (χ3n) is 3.21. The molecule has 3 N–H and O–H groups in total. The predicted octanol–water partition coefficient (Wildman–Crippen LogP) is 0.635. The van der Waals surface area contributed by atoms with Crippen molar-refractivity contribution in [3.05, 3.63) is 0 Å². The first-order chi connectivity index (χ1) is 8.60. The molecule has 1 fully saturated rings. The molecule has 5 nitrogen and oxygen atoms in total. The molecule has 1 heterocycles. The number of hydrogen-bond donors (Lipinski definition) is 2. The van der Waals surface area contributed by atoms with Crippen molar-refractivity contribution < 1.29 is 8.42 Å². The quantitative estimate of drug-likeness (QED) is 0.644. The van der Waals surface area contributed by atoms with Crippen molar-refractivity contribution in [1.29, 1.82) is 0 Å². The Labute approximate surface area is 115 Å². The summed E-state index contributed by atoms with van der Waals surface area (Å²) < 4.78 is 28.3. The maximum absolute atomic E-state index is 12.0. The van der Waals surface area contributed by atoms with E-state index in [0.29, 0.717) is 32.1 Å². The van der Waals surface area contributed by atoms with Gasteiger partial charge in [0.15, 0.2) is 0 Å². The second-order valence-electron chi connectivity index (χ2n) is 4.70. The molecule has 0 saturated carbocycles. The van der Waals surface area contributed by atoms with Crippen LogP contribution in [0.25, 0.3) is 0 Å². The van der Waals surface area contributed by atoms with E-state index in [1.54, 1.807) is 16.1 Å². The molecule has 18 heavy (non-hydrogen) atoms. The molecule has 1 rings (SSSR count). The Balaban J connectivity index is 2.33. The van der Waals surface area contributed by atoms with Crippen molar-refractivity contribution >= 4 is 22.0 Å². The summed E-state index contributed by atoms with van der Waals surface area (Å²) in [6, 6.07) is 0. The van der Waals surface area contributed by atoms with Gasteiger partial charge in [-0.1, -0.05) is 0 Å². The number of rotatable bonds is 8. The Morgan fingerprint density at radius 1 is 1.44 bits per heavy atom. The zero-order valence-electron chi connectivity index (χ0n) is 11.1. The summed E-state index contributed by atoms with van der Waals surface area (Å²) in [7, 11) is -3.29. The standard InChI is InChI=1S/C11H25N3O2S2/c1-17-8-3-2-6-13-18(15,16)14-7-4-5-11(9-12)10-14/h11,13H,2-10,12H2,1H3. The highest BCUT2D eigenvalue weighted by Gasteiger charge is 2.27. The minimum atomic E-state index is -3.29. The lowest BCUT2D eigenvalue weighted by Gasteiger charge is -2.31. The molecule has 108 valence electrons. The van der Waals surface area contributed by atoms with Gasteiger partial charge in [-0.3, -0.25) is 0 Å². The van der Waals surface area contributed by atoms with Gasteiger partial charge in [-0.2, -0.15) is 24.5 Å². The SMILES string of the molecule is CSCCCCNS(=O)(=O)N1CCCC(CN)C1. The summed E-state index contributed by atoms with van der Waals surface area (Å²) in [6.45, 7) is 2.29. The summed E-state index contributed by atoms with van der Waals surface area (Å²) in [4.78, 5) is 0. The molecule has 1 atom stereocenters. The zero-order chi connectivity index (χ0) is 13.4. The molecule has 0 amide bonds. The lowest BCUT2D eigenvalue weighted by Crippen LogP contribution is -2.47. The summed E-state index contributed by atoms with van der Waals surface area (Å²) in [5.41, 5.74) is 5.62. The molecule has 1 aliphatic rings. The van der Waals surface area contributed by atoms with Gasteiger partial charge in [0.1, 0.15) is 0 Å². The van der Waals surface area contributed by atoms with Gasteiger partial charge in [-0.15, -0.1) is 0 Å². The molecule has 0 bridgehead atoms. The minimum absolute atomic E-state index is 0.312. The summed E-state index contributed by atoms with van der Waals surface area (Å²) >= 11 is 1.79. The van der Waals surface area contributed by atoms with E-state index in [0.717, 1.165) is 31.4 Å². The van der Waals surface area contributed by atoms with Crippen molar-refractivity contribution in [2.45, 2.75) is 25.7 Å². The van der Waals surface area contributed by atoms with Gasteiger partial charge in [-0.25, -0.2) is 4.72 Å². The molecule has 0 aromatic heterocycles. The number of nitrogens with zero attached hydrogens (tertiary/aromatic N) is 1. The second kappa shape index (κ2) is 8.37. The molecule has 0 radical (unpaired) electrons. The van der Waals surface area contributed by atoms with Crippen LogP contribution in [0.5, 0.6) is 0 Å². The van der Waals surface area contributed by atoms with E-state index < -0.39 is 10.2 Å². The average Bonchev–Trinajstić information content (AvgIpc) is 2.38. The molecule has 0 aliphatic carbocycles. The summed E-state index contributed by atoms with van der Waals surface area (Å²) in [5, 5.41) is 0. The van der Waals surface area contributed by atoms with Crippen LogP contribution in [0.4, 0.5) is 0 Å². The molecule has 0 spiro atoms. The van der Waals surface area contributed by atoms with E-state index in [2.05, 4.69) is 11.0 Å². The Hall–Kier alpha value is 0.180. The fourth-order valence-electron chi connectivity index (χ4n) is 2.10. The lowest BCUT2D eigenvalue weighted by atomic mass is 10.0. The van der Waals surface area contributed by atoms with E-state index in [1.807, 2.05) is 0 Å². The van der Waals surface area contributed by atoms with Gasteiger partial charge in [-0.05, 0) is 50.2 Å². The third kappa shape index (κ3) is 5.44. The molecule has 0 aromatic carbocycles. The van der Waals surface area contributed by atoms with Crippen LogP contribution in [0.2, 0.25) is 0 Å². The molecule has 1 unspecified atom stereocenters. The van der Waals surface area contributed by atoms with Crippen LogP contribution in [0, 0.1) is 5.92 Å². The van der Waals surface area contributed by atoms with Gasteiger partial charge >= 0.3 is 0 Å². The zero-order valence-corrected chi connectivity index (χ0v) is 12.7.